The molecule has 5 nitrogen and oxygen atoms in total. The van der Waals surface area contributed by atoms with Crippen molar-refractivity contribution in [2.24, 2.45) is 0 Å². The maximum Gasteiger partial charge on any atom is 0.228 e. The van der Waals surface area contributed by atoms with Crippen LogP contribution >= 0.6 is 0 Å². The highest BCUT2D eigenvalue weighted by atomic mass is 16.3. The van der Waals surface area contributed by atoms with Crippen LogP contribution in [0.2, 0.25) is 0 Å². The average molecular weight is 270 g/mol. The van der Waals surface area contributed by atoms with E-state index in [0.717, 1.165) is 11.1 Å². The highest BCUT2D eigenvalue weighted by Gasteiger charge is 2.30. The molecule has 1 atom stereocenters. The molecule has 1 aromatic carbocycles. The Labute approximate surface area is 116 Å². The van der Waals surface area contributed by atoms with Crippen molar-refractivity contribution in [1.82, 2.24) is 5.32 Å². The fourth-order valence-electron chi connectivity index (χ4n) is 2.35. The summed E-state index contributed by atoms with van der Waals surface area (Å²) >= 11 is 0. The van der Waals surface area contributed by atoms with Gasteiger partial charge in [0, 0.05) is 24.2 Å². The molecular weight excluding hydrogens is 256 g/mol. The number of hydrogen-bond acceptors (Lipinski definition) is 3. The number of carbonyl (C=O) groups is 2. The van der Waals surface area contributed by atoms with E-state index in [0.29, 0.717) is 12.2 Å². The lowest BCUT2D eigenvalue weighted by Crippen LogP contribution is -2.34. The van der Waals surface area contributed by atoms with Crippen molar-refractivity contribution in [2.75, 3.05) is 5.32 Å². The Morgan fingerprint density at radius 1 is 1.35 bits per heavy atom. The number of benzene rings is 1. The van der Waals surface area contributed by atoms with Gasteiger partial charge in [0.15, 0.2) is 0 Å². The molecule has 0 unspecified atom stereocenters. The van der Waals surface area contributed by atoms with Crippen molar-refractivity contribution in [2.45, 2.75) is 18.9 Å². The number of carbonyl (C=O) groups excluding carboxylic acids is 2. The van der Waals surface area contributed by atoms with Gasteiger partial charge in [0.1, 0.15) is 0 Å². The first-order valence-corrected chi connectivity index (χ1v) is 6.41. The molecule has 0 saturated heterocycles. The molecular formula is C15H14N2O3. The molecule has 0 bridgehead atoms. The molecule has 3 rings (SSSR count). The predicted molar refractivity (Wildman–Crippen MR) is 73.0 cm³/mol. The molecule has 0 fully saturated rings. The zero-order chi connectivity index (χ0) is 13.9. The molecule has 0 aliphatic carbocycles. The van der Waals surface area contributed by atoms with Gasteiger partial charge in [-0.1, -0.05) is 18.2 Å². The van der Waals surface area contributed by atoms with E-state index in [9.17, 15) is 9.59 Å². The summed E-state index contributed by atoms with van der Waals surface area (Å²) in [4.78, 5) is 23.9. The van der Waals surface area contributed by atoms with Crippen molar-refractivity contribution >= 4 is 17.5 Å². The highest BCUT2D eigenvalue weighted by molar-refractivity contribution is 6.01. The van der Waals surface area contributed by atoms with Gasteiger partial charge < -0.3 is 15.1 Å². The van der Waals surface area contributed by atoms with Crippen molar-refractivity contribution < 1.29 is 14.0 Å². The second-order valence-corrected chi connectivity index (χ2v) is 4.74. The minimum absolute atomic E-state index is 0.132. The van der Waals surface area contributed by atoms with Gasteiger partial charge in [0.25, 0.3) is 0 Å². The lowest BCUT2D eigenvalue weighted by atomic mass is 9.90. The Morgan fingerprint density at radius 2 is 2.20 bits per heavy atom. The largest absolute Gasteiger partial charge is 0.472 e. The zero-order valence-electron chi connectivity index (χ0n) is 10.8. The van der Waals surface area contributed by atoms with Gasteiger partial charge in [-0.25, -0.2) is 0 Å². The Morgan fingerprint density at radius 3 is 3.00 bits per heavy atom. The third-order valence-electron chi connectivity index (χ3n) is 3.36. The van der Waals surface area contributed by atoms with E-state index in [1.54, 1.807) is 18.6 Å². The smallest absolute Gasteiger partial charge is 0.228 e. The van der Waals surface area contributed by atoms with E-state index in [1.807, 2.05) is 24.3 Å². The number of furan rings is 1. The van der Waals surface area contributed by atoms with Gasteiger partial charge in [-0.3, -0.25) is 9.59 Å². The Balaban J connectivity index is 1.76. The van der Waals surface area contributed by atoms with Crippen LogP contribution in [0, 0.1) is 0 Å². The fourth-order valence-corrected chi connectivity index (χ4v) is 2.35. The lowest BCUT2D eigenvalue weighted by Gasteiger charge is -2.24. The van der Waals surface area contributed by atoms with Crippen LogP contribution in [0.1, 0.15) is 23.5 Å². The van der Waals surface area contributed by atoms with Crippen LogP contribution in [0.15, 0.2) is 47.3 Å². The summed E-state index contributed by atoms with van der Waals surface area (Å²) in [5.74, 6) is -0.715. The second-order valence-electron chi connectivity index (χ2n) is 4.74. The van der Waals surface area contributed by atoms with E-state index in [1.165, 1.54) is 0 Å². The summed E-state index contributed by atoms with van der Waals surface area (Å²) in [7, 11) is 0. The molecule has 1 aliphatic rings. The summed E-state index contributed by atoms with van der Waals surface area (Å²) in [5.41, 5.74) is 2.47. The molecule has 1 aliphatic heterocycles. The average Bonchev–Trinajstić information content (AvgIpc) is 2.97. The minimum atomic E-state index is -0.438. The van der Waals surface area contributed by atoms with Gasteiger partial charge in [-0.05, 0) is 17.7 Å². The van der Waals surface area contributed by atoms with Crippen molar-refractivity contribution in [3.05, 3.63) is 54.0 Å². The number of anilines is 1. The molecule has 1 aromatic heterocycles. The second kappa shape index (κ2) is 5.21. The van der Waals surface area contributed by atoms with Crippen molar-refractivity contribution in [3.63, 3.8) is 0 Å². The number of rotatable bonds is 3. The monoisotopic (exact) mass is 270 g/mol. The van der Waals surface area contributed by atoms with E-state index in [-0.39, 0.29) is 18.2 Å². The summed E-state index contributed by atoms with van der Waals surface area (Å²) in [6, 6.07) is 9.18. The molecule has 0 saturated carbocycles. The standard InChI is InChI=1S/C15H14N2O3/c18-14-7-12(11-3-1-2-4-13(11)17-14)15(19)16-8-10-5-6-20-9-10/h1-6,9,12H,7-8H2,(H,16,19)(H,17,18)/t12-/m1/s1. The lowest BCUT2D eigenvalue weighted by molar-refractivity contribution is -0.126. The summed E-state index contributed by atoms with van der Waals surface area (Å²) in [6.45, 7) is 0.398. The molecule has 5 heteroatoms. The van der Waals surface area contributed by atoms with Crippen LogP contribution in [0.3, 0.4) is 0 Å². The first kappa shape index (κ1) is 12.5. The fraction of sp³-hybridized carbons (Fsp3) is 0.200. The maximum atomic E-state index is 12.3. The van der Waals surface area contributed by atoms with Crippen molar-refractivity contribution in [3.8, 4) is 0 Å². The van der Waals surface area contributed by atoms with Crippen LogP contribution in [-0.2, 0) is 16.1 Å². The predicted octanol–water partition coefficient (Wildman–Crippen LogP) is 2.02. The van der Waals surface area contributed by atoms with Crippen LogP contribution in [0.25, 0.3) is 0 Å². The molecule has 2 heterocycles. The molecule has 20 heavy (non-hydrogen) atoms. The van der Waals surface area contributed by atoms with Gasteiger partial charge in [-0.15, -0.1) is 0 Å². The Hall–Kier alpha value is -2.56. The number of nitrogens with one attached hydrogen (secondary N) is 2. The first-order chi connectivity index (χ1) is 9.74. The first-order valence-electron chi connectivity index (χ1n) is 6.41. The number of hydrogen-bond donors (Lipinski definition) is 2. The van der Waals surface area contributed by atoms with Gasteiger partial charge >= 0.3 is 0 Å². The SMILES string of the molecule is O=C1C[C@@H](C(=O)NCc2ccoc2)c2ccccc2N1. The van der Waals surface area contributed by atoms with Gasteiger partial charge in [0.2, 0.25) is 11.8 Å². The van der Waals surface area contributed by atoms with Gasteiger partial charge in [0.05, 0.1) is 18.4 Å². The zero-order valence-corrected chi connectivity index (χ0v) is 10.8. The molecule has 2 N–H and O–H groups in total. The molecule has 102 valence electrons. The quantitative estimate of drug-likeness (QED) is 0.896. The van der Waals surface area contributed by atoms with E-state index in [2.05, 4.69) is 10.6 Å². The Bertz CT molecular complexity index is 634. The molecule has 0 spiro atoms. The third-order valence-corrected chi connectivity index (χ3v) is 3.36. The van der Waals surface area contributed by atoms with E-state index in [4.69, 9.17) is 4.42 Å². The summed E-state index contributed by atoms with van der Waals surface area (Å²) in [6.07, 6.45) is 3.32. The Kier molecular flexibility index (Phi) is 3.25. The molecule has 0 radical (unpaired) electrons. The number of para-hydroxylation sites is 1. The van der Waals surface area contributed by atoms with E-state index < -0.39 is 5.92 Å². The van der Waals surface area contributed by atoms with Crippen LogP contribution < -0.4 is 10.6 Å². The highest BCUT2D eigenvalue weighted by Crippen LogP contribution is 2.31. The molecule has 2 amide bonds. The topological polar surface area (TPSA) is 71.3 Å². The third kappa shape index (κ3) is 2.42. The summed E-state index contributed by atoms with van der Waals surface area (Å²) in [5, 5.41) is 5.62. The minimum Gasteiger partial charge on any atom is -0.472 e. The van der Waals surface area contributed by atoms with Crippen molar-refractivity contribution in [1.29, 1.82) is 0 Å². The van der Waals surface area contributed by atoms with Crippen LogP contribution in [0.5, 0.6) is 0 Å². The summed E-state index contributed by atoms with van der Waals surface area (Å²) < 4.78 is 4.95. The normalized spacial score (nSPS) is 17.2. The number of fused-ring (bicyclic) bond motifs is 1. The van der Waals surface area contributed by atoms with Gasteiger partial charge in [-0.2, -0.15) is 0 Å². The van der Waals surface area contributed by atoms with E-state index >= 15 is 0 Å². The number of amides is 2. The van der Waals surface area contributed by atoms with Crippen LogP contribution in [0.4, 0.5) is 5.69 Å². The van der Waals surface area contributed by atoms with Crippen LogP contribution in [-0.4, -0.2) is 11.8 Å². The maximum absolute atomic E-state index is 12.3. The molecule has 2 aromatic rings.